The summed E-state index contributed by atoms with van der Waals surface area (Å²) < 4.78 is 62.6. The molecule has 0 radical (unpaired) electrons. The first-order valence-corrected chi connectivity index (χ1v) is 7.50. The van der Waals surface area contributed by atoms with E-state index in [0.29, 0.717) is 12.1 Å². The van der Waals surface area contributed by atoms with E-state index in [9.17, 15) is 19.4 Å². The van der Waals surface area contributed by atoms with Crippen LogP contribution in [0.15, 0.2) is 47.5 Å². The van der Waals surface area contributed by atoms with Gasteiger partial charge in [0.05, 0.1) is 5.02 Å². The van der Waals surface area contributed by atoms with Gasteiger partial charge in [0.1, 0.15) is 10.7 Å². The van der Waals surface area contributed by atoms with E-state index in [-0.39, 0.29) is 16.5 Å². The molecule has 0 spiro atoms. The molecular weight excluding hydrogens is 323 g/mol. The molecule has 1 heterocycles. The zero-order valence-corrected chi connectivity index (χ0v) is 11.2. The molecule has 2 rings (SSSR count). The van der Waals surface area contributed by atoms with Gasteiger partial charge in [0.25, 0.3) is 0 Å². The lowest BCUT2D eigenvalue weighted by atomic mass is 10.3. The van der Waals surface area contributed by atoms with Crippen molar-refractivity contribution >= 4 is 33.3 Å². The standard InChI is InChI=1S/C11H8ClF5N2S/c12-10-2-1-7-18-11(10)19-8-3-5-9(6-4-8)20(13,14,15,16)17/h1-7H,(H,18,19). The zero-order valence-electron chi connectivity index (χ0n) is 9.66. The van der Waals surface area contributed by atoms with Gasteiger partial charge in [-0.25, -0.2) is 4.98 Å². The number of benzene rings is 1. The highest BCUT2D eigenvalue weighted by atomic mass is 35.5. The van der Waals surface area contributed by atoms with Crippen LogP contribution in [0.1, 0.15) is 0 Å². The molecule has 1 N–H and O–H groups in total. The Morgan fingerprint density at radius 2 is 1.55 bits per heavy atom. The summed E-state index contributed by atoms with van der Waals surface area (Å²) in [5.74, 6) is 0.217. The quantitative estimate of drug-likeness (QED) is 0.684. The van der Waals surface area contributed by atoms with Gasteiger partial charge in [0.15, 0.2) is 0 Å². The van der Waals surface area contributed by atoms with Crippen LogP contribution in [-0.4, -0.2) is 4.98 Å². The van der Waals surface area contributed by atoms with Crippen LogP contribution in [0.4, 0.5) is 30.9 Å². The van der Waals surface area contributed by atoms with Crippen molar-refractivity contribution in [1.29, 1.82) is 0 Å². The van der Waals surface area contributed by atoms with Gasteiger partial charge in [-0.15, -0.1) is 0 Å². The van der Waals surface area contributed by atoms with E-state index >= 15 is 0 Å². The molecule has 0 saturated carbocycles. The first-order valence-electron chi connectivity index (χ1n) is 5.17. The summed E-state index contributed by atoms with van der Waals surface area (Å²) >= 11 is 5.80. The van der Waals surface area contributed by atoms with Crippen molar-refractivity contribution in [1.82, 2.24) is 4.98 Å². The van der Waals surface area contributed by atoms with E-state index in [1.54, 1.807) is 6.07 Å². The Labute approximate surface area is 116 Å². The fourth-order valence-corrected chi connectivity index (χ4v) is 2.23. The minimum absolute atomic E-state index is 0.163. The first kappa shape index (κ1) is 14.9. The Kier molecular flexibility index (Phi) is 2.96. The van der Waals surface area contributed by atoms with E-state index in [1.165, 1.54) is 12.3 Å². The lowest BCUT2D eigenvalue weighted by Gasteiger charge is -2.40. The van der Waals surface area contributed by atoms with Crippen molar-refractivity contribution in [3.05, 3.63) is 47.6 Å². The maximum atomic E-state index is 12.5. The van der Waals surface area contributed by atoms with Crippen molar-refractivity contribution in [3.63, 3.8) is 0 Å². The van der Waals surface area contributed by atoms with Crippen LogP contribution in [0.25, 0.3) is 0 Å². The molecule has 0 unspecified atom stereocenters. The van der Waals surface area contributed by atoms with Crippen LogP contribution in [0.3, 0.4) is 0 Å². The van der Waals surface area contributed by atoms with E-state index in [2.05, 4.69) is 10.3 Å². The minimum Gasteiger partial charge on any atom is -0.339 e. The molecule has 0 aliphatic heterocycles. The molecule has 0 aliphatic rings. The van der Waals surface area contributed by atoms with Crippen LogP contribution in [-0.2, 0) is 0 Å². The highest BCUT2D eigenvalue weighted by Crippen LogP contribution is 3.02. The van der Waals surface area contributed by atoms with E-state index in [0.717, 1.165) is 12.1 Å². The molecule has 0 aliphatic carbocycles. The lowest BCUT2D eigenvalue weighted by molar-refractivity contribution is 0.364. The summed E-state index contributed by atoms with van der Waals surface area (Å²) in [6, 6.07) is 5.52. The molecular formula is C11H8ClF5N2S. The smallest absolute Gasteiger partial charge is 0.310 e. The number of nitrogens with zero attached hydrogens (tertiary/aromatic N) is 1. The Hall–Kier alpha value is -1.54. The lowest BCUT2D eigenvalue weighted by Crippen LogP contribution is -2.05. The highest BCUT2D eigenvalue weighted by Gasteiger charge is 2.65. The Morgan fingerprint density at radius 1 is 0.950 bits per heavy atom. The second-order valence-corrected chi connectivity index (χ2v) is 6.77. The van der Waals surface area contributed by atoms with Gasteiger partial charge in [-0.05, 0) is 36.4 Å². The van der Waals surface area contributed by atoms with Gasteiger partial charge in [-0.2, -0.15) is 0 Å². The summed E-state index contributed by atoms with van der Waals surface area (Å²) in [6.45, 7) is 0. The van der Waals surface area contributed by atoms with Crippen molar-refractivity contribution in [2.24, 2.45) is 0 Å². The van der Waals surface area contributed by atoms with Crippen molar-refractivity contribution < 1.29 is 19.4 Å². The number of hydrogen-bond acceptors (Lipinski definition) is 2. The Morgan fingerprint density at radius 3 is 2.05 bits per heavy atom. The van der Waals surface area contributed by atoms with Crippen LogP contribution in [0, 0.1) is 0 Å². The SMILES string of the molecule is FS(F)(F)(F)(F)c1ccc(Nc2ncccc2Cl)cc1. The number of rotatable bonds is 3. The van der Waals surface area contributed by atoms with E-state index in [4.69, 9.17) is 11.6 Å². The number of anilines is 2. The minimum atomic E-state index is -9.63. The summed E-state index contributed by atoms with van der Waals surface area (Å²) in [6.07, 6.45) is 1.43. The molecule has 0 amide bonds. The summed E-state index contributed by atoms with van der Waals surface area (Å²) in [7, 11) is -9.63. The van der Waals surface area contributed by atoms with Gasteiger partial charge < -0.3 is 5.32 Å². The van der Waals surface area contributed by atoms with Crippen molar-refractivity contribution in [2.75, 3.05) is 5.32 Å². The molecule has 110 valence electrons. The van der Waals surface area contributed by atoms with Crippen molar-refractivity contribution in [3.8, 4) is 0 Å². The number of halogens is 6. The number of hydrogen-bond donors (Lipinski definition) is 1. The predicted molar refractivity (Wildman–Crippen MR) is 70.4 cm³/mol. The molecule has 0 saturated heterocycles. The van der Waals surface area contributed by atoms with Gasteiger partial charge in [-0.1, -0.05) is 31.0 Å². The Balaban J connectivity index is 2.29. The molecule has 1 aromatic carbocycles. The fourth-order valence-electron chi connectivity index (χ4n) is 1.41. The largest absolute Gasteiger partial charge is 0.339 e. The Bertz CT molecular complexity index is 642. The normalized spacial score (nSPS) is 15.3. The maximum absolute atomic E-state index is 12.5. The molecule has 0 bridgehead atoms. The number of nitrogens with one attached hydrogen (secondary N) is 1. The molecule has 1 aromatic heterocycles. The summed E-state index contributed by atoms with van der Waals surface area (Å²) in [4.78, 5) is 1.92. The fraction of sp³-hybridized carbons (Fsp3) is 0. The average molecular weight is 331 g/mol. The van der Waals surface area contributed by atoms with Crippen LogP contribution >= 0.6 is 21.8 Å². The monoisotopic (exact) mass is 330 g/mol. The average Bonchev–Trinajstić information content (AvgIpc) is 2.30. The van der Waals surface area contributed by atoms with Gasteiger partial charge >= 0.3 is 10.2 Å². The number of pyridine rings is 1. The summed E-state index contributed by atoms with van der Waals surface area (Å²) in [5.41, 5.74) is 0.163. The van der Waals surface area contributed by atoms with Gasteiger partial charge in [0.2, 0.25) is 0 Å². The third kappa shape index (κ3) is 3.51. The number of aromatic nitrogens is 1. The summed E-state index contributed by atoms with van der Waals surface area (Å²) in [5, 5.41) is 2.89. The van der Waals surface area contributed by atoms with Crippen LogP contribution < -0.4 is 5.32 Å². The molecule has 20 heavy (non-hydrogen) atoms. The molecule has 2 aromatic rings. The molecule has 9 heteroatoms. The highest BCUT2D eigenvalue weighted by molar-refractivity contribution is 8.45. The second-order valence-electron chi connectivity index (χ2n) is 3.95. The van der Waals surface area contributed by atoms with Gasteiger partial charge in [0, 0.05) is 11.9 Å². The second kappa shape index (κ2) is 3.98. The van der Waals surface area contributed by atoms with Gasteiger partial charge in [-0.3, -0.25) is 0 Å². The van der Waals surface area contributed by atoms with E-state index in [1.807, 2.05) is 0 Å². The zero-order chi connectivity index (χ0) is 15.1. The third-order valence-electron chi connectivity index (χ3n) is 2.32. The maximum Gasteiger partial charge on any atom is 0.310 e. The molecule has 0 fully saturated rings. The topological polar surface area (TPSA) is 24.9 Å². The molecule has 0 atom stereocenters. The third-order valence-corrected chi connectivity index (χ3v) is 3.79. The first-order chi connectivity index (χ1) is 8.95. The molecule has 2 nitrogen and oxygen atoms in total. The predicted octanol–water partition coefficient (Wildman–Crippen LogP) is 6.14. The van der Waals surface area contributed by atoms with Crippen LogP contribution in [0.5, 0.6) is 0 Å². The van der Waals surface area contributed by atoms with Crippen LogP contribution in [0.2, 0.25) is 5.02 Å². The van der Waals surface area contributed by atoms with Crippen molar-refractivity contribution in [2.45, 2.75) is 4.90 Å². The van der Waals surface area contributed by atoms with E-state index < -0.39 is 15.1 Å².